The van der Waals surface area contributed by atoms with Gasteiger partial charge in [0, 0.05) is 18.0 Å². The van der Waals surface area contributed by atoms with E-state index in [0.29, 0.717) is 23.8 Å². The van der Waals surface area contributed by atoms with Crippen molar-refractivity contribution in [3.05, 3.63) is 96.3 Å². The van der Waals surface area contributed by atoms with Gasteiger partial charge in [0.15, 0.2) is 5.11 Å². The Balaban J connectivity index is 1.32. The second kappa shape index (κ2) is 8.66. The molecule has 4 rings (SSSR count). The molecule has 0 saturated heterocycles. The maximum atomic E-state index is 13.8. The van der Waals surface area contributed by atoms with Gasteiger partial charge in [-0.2, -0.15) is 10.2 Å². The van der Waals surface area contributed by atoms with Gasteiger partial charge in [-0.1, -0.05) is 48.5 Å². The molecular weight excluding hydrogens is 387 g/mol. The molecular formula is C21H19FN6S. The van der Waals surface area contributed by atoms with Gasteiger partial charge in [-0.15, -0.1) is 0 Å². The summed E-state index contributed by atoms with van der Waals surface area (Å²) in [5, 5.41) is 15.2. The predicted octanol–water partition coefficient (Wildman–Crippen LogP) is 4.12. The number of benzene rings is 2. The SMILES string of the molecule is Fc1ccccc1Cn1cc(NC(=S)Nc2cnn(Cc3ccccc3)c2)cn1. The molecule has 8 heteroatoms. The summed E-state index contributed by atoms with van der Waals surface area (Å²) in [5.74, 6) is -0.248. The first-order valence-corrected chi connectivity index (χ1v) is 9.47. The predicted molar refractivity (Wildman–Crippen MR) is 115 cm³/mol. The summed E-state index contributed by atoms with van der Waals surface area (Å²) in [6.45, 7) is 1.03. The molecule has 0 amide bonds. The molecule has 29 heavy (non-hydrogen) atoms. The molecule has 6 nitrogen and oxygen atoms in total. The first kappa shape index (κ1) is 18.8. The van der Waals surface area contributed by atoms with Gasteiger partial charge in [0.05, 0.1) is 36.9 Å². The molecule has 2 aromatic carbocycles. The molecule has 4 aromatic rings. The van der Waals surface area contributed by atoms with Crippen molar-refractivity contribution in [3.63, 3.8) is 0 Å². The van der Waals surface area contributed by atoms with Crippen molar-refractivity contribution >= 4 is 28.7 Å². The number of nitrogens with one attached hydrogen (secondary N) is 2. The van der Waals surface area contributed by atoms with Gasteiger partial charge in [-0.25, -0.2) is 4.39 Å². The fraction of sp³-hybridized carbons (Fsp3) is 0.0952. The first-order chi connectivity index (χ1) is 14.2. The van der Waals surface area contributed by atoms with E-state index in [2.05, 4.69) is 33.0 Å². The molecule has 2 aromatic heterocycles. The summed E-state index contributed by atoms with van der Waals surface area (Å²) in [4.78, 5) is 0. The molecule has 0 radical (unpaired) electrons. The monoisotopic (exact) mass is 406 g/mol. The minimum Gasteiger partial charge on any atom is -0.330 e. The molecule has 0 bridgehead atoms. The Morgan fingerprint density at radius 1 is 0.828 bits per heavy atom. The van der Waals surface area contributed by atoms with E-state index in [4.69, 9.17) is 12.2 Å². The van der Waals surface area contributed by atoms with Crippen LogP contribution in [0.2, 0.25) is 0 Å². The Hall–Kier alpha value is -3.52. The summed E-state index contributed by atoms with van der Waals surface area (Å²) in [7, 11) is 0. The summed E-state index contributed by atoms with van der Waals surface area (Å²) in [6.07, 6.45) is 7.04. The number of nitrogens with zero attached hydrogens (tertiary/aromatic N) is 4. The molecule has 2 N–H and O–H groups in total. The minimum atomic E-state index is -0.248. The van der Waals surface area contributed by atoms with Crippen molar-refractivity contribution in [3.8, 4) is 0 Å². The van der Waals surface area contributed by atoms with Crippen LogP contribution >= 0.6 is 12.2 Å². The standard InChI is InChI=1S/C21H19FN6S/c22-20-9-5-4-8-17(20)13-28-15-19(11-24-28)26-21(29)25-18-10-23-27(14-18)12-16-6-2-1-3-7-16/h1-11,14-15H,12-13H2,(H2,25,26,29). The average Bonchev–Trinajstić information content (AvgIpc) is 3.34. The van der Waals surface area contributed by atoms with Crippen LogP contribution in [-0.2, 0) is 13.1 Å². The molecule has 0 atom stereocenters. The van der Waals surface area contributed by atoms with Crippen LogP contribution in [0.15, 0.2) is 79.4 Å². The third kappa shape index (κ3) is 5.05. The summed E-state index contributed by atoms with van der Waals surface area (Å²) in [5.41, 5.74) is 3.26. The summed E-state index contributed by atoms with van der Waals surface area (Å²) < 4.78 is 17.3. The maximum Gasteiger partial charge on any atom is 0.175 e. The number of hydrogen-bond acceptors (Lipinski definition) is 3. The van der Waals surface area contributed by atoms with Gasteiger partial charge in [-0.3, -0.25) is 9.36 Å². The van der Waals surface area contributed by atoms with E-state index in [1.54, 1.807) is 41.5 Å². The Bertz CT molecular complexity index is 1110. The molecule has 0 aliphatic heterocycles. The normalized spacial score (nSPS) is 10.7. The fourth-order valence-electron chi connectivity index (χ4n) is 2.89. The van der Waals surface area contributed by atoms with E-state index in [1.807, 2.05) is 29.1 Å². The van der Waals surface area contributed by atoms with Gasteiger partial charge in [0.25, 0.3) is 0 Å². The van der Waals surface area contributed by atoms with Crippen LogP contribution in [-0.4, -0.2) is 24.7 Å². The molecule has 0 aliphatic carbocycles. The number of halogens is 1. The van der Waals surface area contributed by atoms with Crippen LogP contribution in [0.25, 0.3) is 0 Å². The van der Waals surface area contributed by atoms with E-state index >= 15 is 0 Å². The van der Waals surface area contributed by atoms with E-state index in [9.17, 15) is 4.39 Å². The molecule has 2 heterocycles. The number of anilines is 2. The van der Waals surface area contributed by atoms with Gasteiger partial charge in [0.1, 0.15) is 5.82 Å². The highest BCUT2D eigenvalue weighted by molar-refractivity contribution is 7.80. The van der Waals surface area contributed by atoms with Crippen molar-refractivity contribution in [2.24, 2.45) is 0 Å². The lowest BCUT2D eigenvalue weighted by atomic mass is 10.2. The largest absolute Gasteiger partial charge is 0.330 e. The van der Waals surface area contributed by atoms with E-state index in [-0.39, 0.29) is 5.82 Å². The highest BCUT2D eigenvalue weighted by Gasteiger charge is 2.06. The zero-order chi connectivity index (χ0) is 20.1. The van der Waals surface area contributed by atoms with Gasteiger partial charge in [-0.05, 0) is 23.8 Å². The number of aromatic nitrogens is 4. The summed E-state index contributed by atoms with van der Waals surface area (Å²) >= 11 is 5.36. The molecule has 0 saturated carbocycles. The zero-order valence-electron chi connectivity index (χ0n) is 15.5. The van der Waals surface area contributed by atoms with Crippen molar-refractivity contribution < 1.29 is 4.39 Å². The number of thiocarbonyl (C=S) groups is 1. The van der Waals surface area contributed by atoms with Crippen LogP contribution < -0.4 is 10.6 Å². The number of hydrogen-bond donors (Lipinski definition) is 2. The van der Waals surface area contributed by atoms with Crippen LogP contribution in [0.4, 0.5) is 15.8 Å². The maximum absolute atomic E-state index is 13.8. The average molecular weight is 406 g/mol. The van der Waals surface area contributed by atoms with E-state index in [1.165, 1.54) is 11.6 Å². The quantitative estimate of drug-likeness (QED) is 0.472. The summed E-state index contributed by atoms with van der Waals surface area (Å²) in [6, 6.07) is 16.8. The lowest BCUT2D eigenvalue weighted by Gasteiger charge is -2.07. The second-order valence-electron chi connectivity index (χ2n) is 6.51. The van der Waals surface area contributed by atoms with Crippen molar-refractivity contribution in [2.75, 3.05) is 10.6 Å². The molecule has 146 valence electrons. The van der Waals surface area contributed by atoms with E-state index in [0.717, 1.165) is 11.4 Å². The van der Waals surface area contributed by atoms with Gasteiger partial charge in [0.2, 0.25) is 0 Å². The lowest BCUT2D eigenvalue weighted by Crippen LogP contribution is -2.18. The minimum absolute atomic E-state index is 0.248. The first-order valence-electron chi connectivity index (χ1n) is 9.06. The Morgan fingerprint density at radius 3 is 2.07 bits per heavy atom. The van der Waals surface area contributed by atoms with E-state index < -0.39 is 0 Å². The molecule has 0 spiro atoms. The Labute approximate surface area is 173 Å². The third-order valence-electron chi connectivity index (χ3n) is 4.26. The Kier molecular flexibility index (Phi) is 5.62. The van der Waals surface area contributed by atoms with Crippen LogP contribution in [0.3, 0.4) is 0 Å². The highest BCUT2D eigenvalue weighted by atomic mass is 32.1. The van der Waals surface area contributed by atoms with Crippen LogP contribution in [0.5, 0.6) is 0 Å². The van der Waals surface area contributed by atoms with Crippen LogP contribution in [0.1, 0.15) is 11.1 Å². The second-order valence-corrected chi connectivity index (χ2v) is 6.92. The zero-order valence-corrected chi connectivity index (χ0v) is 16.3. The van der Waals surface area contributed by atoms with Gasteiger partial charge < -0.3 is 10.6 Å². The molecule has 0 aliphatic rings. The third-order valence-corrected chi connectivity index (χ3v) is 4.46. The smallest absolute Gasteiger partial charge is 0.175 e. The highest BCUT2D eigenvalue weighted by Crippen LogP contribution is 2.12. The Morgan fingerprint density at radius 2 is 1.41 bits per heavy atom. The van der Waals surface area contributed by atoms with Crippen molar-refractivity contribution in [1.82, 2.24) is 19.6 Å². The van der Waals surface area contributed by atoms with Crippen molar-refractivity contribution in [2.45, 2.75) is 13.1 Å². The van der Waals surface area contributed by atoms with Gasteiger partial charge >= 0.3 is 0 Å². The lowest BCUT2D eigenvalue weighted by molar-refractivity contribution is 0.585. The molecule has 0 fully saturated rings. The van der Waals surface area contributed by atoms with Crippen LogP contribution in [0, 0.1) is 5.82 Å². The molecule has 0 unspecified atom stereocenters. The van der Waals surface area contributed by atoms with Crippen molar-refractivity contribution in [1.29, 1.82) is 0 Å². The topological polar surface area (TPSA) is 59.7 Å². The fourth-order valence-corrected chi connectivity index (χ4v) is 3.13. The number of rotatable bonds is 6.